The molecule has 0 radical (unpaired) electrons. The molecule has 322 valence electrons. The predicted molar refractivity (Wildman–Crippen MR) is 239 cm³/mol. The Morgan fingerprint density at radius 3 is 2.11 bits per heavy atom. The van der Waals surface area contributed by atoms with Crippen LogP contribution in [0.4, 0.5) is 9.93 Å². The number of thioether (sulfide) groups is 1. The van der Waals surface area contributed by atoms with Gasteiger partial charge >= 0.3 is 12.1 Å². The second-order valence-electron chi connectivity index (χ2n) is 14.8. The van der Waals surface area contributed by atoms with E-state index in [-0.39, 0.29) is 41.6 Å². The molecule has 1 saturated heterocycles. The Kier molecular flexibility index (Phi) is 13.6. The third-order valence-electron chi connectivity index (χ3n) is 10.8. The number of nitrogen functional groups attached to an aromatic ring is 1. The van der Waals surface area contributed by atoms with Crippen molar-refractivity contribution >= 4 is 64.0 Å². The zero-order chi connectivity index (χ0) is 43.6. The molecule has 2 aliphatic heterocycles. The predicted octanol–water partition coefficient (Wildman–Crippen LogP) is 7.23. The number of nitrogens with two attached hydrogens (primary N) is 1. The lowest BCUT2D eigenvalue weighted by Gasteiger charge is -2.49. The first kappa shape index (κ1) is 42.9. The molecule has 8 rings (SSSR count). The fourth-order valence-electron chi connectivity index (χ4n) is 7.71. The molecule has 2 aromatic heterocycles. The number of esters is 1. The van der Waals surface area contributed by atoms with Crippen LogP contribution in [0, 0.1) is 0 Å². The van der Waals surface area contributed by atoms with Crippen LogP contribution in [0.3, 0.4) is 0 Å². The summed E-state index contributed by atoms with van der Waals surface area (Å²) in [6, 6.07) is 31.2. The van der Waals surface area contributed by atoms with E-state index in [0.29, 0.717) is 11.3 Å². The van der Waals surface area contributed by atoms with E-state index >= 15 is 0 Å². The van der Waals surface area contributed by atoms with Crippen LogP contribution in [0.25, 0.3) is 6.08 Å². The number of allylic oxidation sites excluding steroid dienone is 1. The first-order valence-corrected chi connectivity index (χ1v) is 22.5. The Morgan fingerprint density at radius 2 is 1.51 bits per heavy atom. The minimum atomic E-state index is -1.32. The summed E-state index contributed by atoms with van der Waals surface area (Å²) in [6.07, 6.45) is 10.5. The highest BCUT2D eigenvalue weighted by atomic mass is 32.2. The van der Waals surface area contributed by atoms with E-state index < -0.39 is 41.0 Å². The molecule has 5 aromatic rings. The summed E-state index contributed by atoms with van der Waals surface area (Å²) in [6.45, 7) is -0.504. The number of β-lactam (4-membered cyclic amide) rings is 1. The van der Waals surface area contributed by atoms with Crippen molar-refractivity contribution in [1.29, 1.82) is 0 Å². The number of fused-ring (bicyclic) bond motifs is 1. The molecular formula is C47H44N6O8S2. The van der Waals surface area contributed by atoms with Crippen molar-refractivity contribution in [3.63, 3.8) is 0 Å². The quantitative estimate of drug-likeness (QED) is 0.0269. The number of benzene rings is 3. The Bertz CT molecular complexity index is 2400. The molecule has 16 heteroatoms. The maximum Gasteiger partial charge on any atom is 0.508 e. The lowest BCUT2D eigenvalue weighted by Crippen LogP contribution is -2.71. The van der Waals surface area contributed by atoms with Gasteiger partial charge in [-0.05, 0) is 42.9 Å². The number of nitrogens with zero attached hydrogens (tertiary/aromatic N) is 4. The molecule has 2 atom stereocenters. The largest absolute Gasteiger partial charge is 0.508 e. The van der Waals surface area contributed by atoms with E-state index in [0.717, 1.165) is 65.7 Å². The second kappa shape index (κ2) is 19.9. The third kappa shape index (κ3) is 9.66. The fraction of sp³-hybridized carbons (Fsp3) is 0.255. The van der Waals surface area contributed by atoms with Gasteiger partial charge in [-0.25, -0.2) is 14.6 Å². The summed E-state index contributed by atoms with van der Waals surface area (Å²) in [7, 11) is 0. The Labute approximate surface area is 372 Å². The molecule has 0 unspecified atom stereocenters. The number of carbonyl (C=O) groups is 4. The second-order valence-corrected chi connectivity index (χ2v) is 16.8. The number of nitrogens with one attached hydrogen (secondary N) is 1. The van der Waals surface area contributed by atoms with Crippen LogP contribution in [0.2, 0.25) is 0 Å². The molecule has 2 fully saturated rings. The van der Waals surface area contributed by atoms with Gasteiger partial charge in [0.25, 0.3) is 11.8 Å². The highest BCUT2D eigenvalue weighted by Crippen LogP contribution is 2.43. The monoisotopic (exact) mass is 884 g/mol. The van der Waals surface area contributed by atoms with Crippen LogP contribution in [0.1, 0.15) is 60.1 Å². The normalized spacial score (nSPS) is 18.0. The summed E-state index contributed by atoms with van der Waals surface area (Å²) in [5, 5.41) is 8.52. The maximum absolute atomic E-state index is 14.4. The van der Waals surface area contributed by atoms with Crippen molar-refractivity contribution in [3.8, 4) is 0 Å². The Balaban J connectivity index is 1.04. The summed E-state index contributed by atoms with van der Waals surface area (Å²) < 4.78 is 16.2. The van der Waals surface area contributed by atoms with E-state index in [9.17, 15) is 19.2 Å². The van der Waals surface area contributed by atoms with Gasteiger partial charge in [-0.2, -0.15) is 0 Å². The first-order chi connectivity index (χ1) is 30.8. The highest BCUT2D eigenvalue weighted by molar-refractivity contribution is 8.00. The van der Waals surface area contributed by atoms with Crippen molar-refractivity contribution in [2.24, 2.45) is 5.16 Å². The number of hydrogen-bond acceptors (Lipinski definition) is 14. The number of carbonyl (C=O) groups excluding carboxylic acids is 4. The van der Waals surface area contributed by atoms with E-state index in [1.807, 2.05) is 97.1 Å². The topological polar surface area (TPSA) is 185 Å². The summed E-state index contributed by atoms with van der Waals surface area (Å²) in [5.74, 6) is -1.78. The van der Waals surface area contributed by atoms with E-state index in [1.165, 1.54) is 16.7 Å². The fourth-order valence-corrected chi connectivity index (χ4v) is 9.58. The smallest absolute Gasteiger partial charge is 0.457 e. The van der Waals surface area contributed by atoms with E-state index in [4.69, 9.17) is 24.8 Å². The van der Waals surface area contributed by atoms with E-state index in [1.54, 1.807) is 36.0 Å². The van der Waals surface area contributed by atoms with Crippen molar-refractivity contribution in [1.82, 2.24) is 20.2 Å². The van der Waals surface area contributed by atoms with Gasteiger partial charge in [-0.3, -0.25) is 19.5 Å². The molecule has 3 aliphatic rings. The van der Waals surface area contributed by atoms with Gasteiger partial charge < -0.3 is 30.1 Å². The lowest BCUT2D eigenvalue weighted by molar-refractivity contribution is -0.153. The minimum Gasteiger partial charge on any atom is -0.457 e. The average molecular weight is 885 g/mol. The standard InChI is InChI=1S/C47H44N6O8S2/c48-45-50-37(30-63-45)38(52-61-47(33-15-5-1-6-16-33,34-17-7-2-8-18-34)35-19-9-3-10-20-35)41(54)51-39-42(55)53-40(32(29-62-43(39)53)24-23-31-14-13-25-49-28-31)44(56)58-26-27-59-46(57)60-36-21-11-4-12-22-36/h1-3,5-10,13-20,23-25,28,30,36,39,43H,4,11-12,21-22,26-27,29H2,(H2,48,50)(H,51,54)/b24-23-,52-38?/t39-,43+/m1/s1. The number of oxime groups is 1. The molecule has 0 bridgehead atoms. The zero-order valence-electron chi connectivity index (χ0n) is 34.0. The molecule has 1 aliphatic carbocycles. The third-order valence-corrected chi connectivity index (χ3v) is 12.8. The van der Waals surface area contributed by atoms with Crippen molar-refractivity contribution in [3.05, 3.63) is 166 Å². The molecular weight excluding hydrogens is 841 g/mol. The number of aromatic nitrogens is 2. The van der Waals surface area contributed by atoms with Gasteiger partial charge in [0.1, 0.15) is 42.1 Å². The van der Waals surface area contributed by atoms with E-state index in [2.05, 4.69) is 20.4 Å². The van der Waals surface area contributed by atoms with Crippen LogP contribution < -0.4 is 11.1 Å². The van der Waals surface area contributed by atoms with Crippen LogP contribution in [-0.2, 0) is 39.0 Å². The number of hydrogen-bond donors (Lipinski definition) is 2. The molecule has 1 saturated carbocycles. The molecule has 63 heavy (non-hydrogen) atoms. The van der Waals surface area contributed by atoms with Crippen molar-refractivity contribution in [2.75, 3.05) is 24.7 Å². The number of ether oxygens (including phenoxy) is 3. The zero-order valence-corrected chi connectivity index (χ0v) is 35.7. The van der Waals surface area contributed by atoms with Gasteiger partial charge in [0.15, 0.2) is 10.8 Å². The molecule has 0 spiro atoms. The van der Waals surface area contributed by atoms with Crippen LogP contribution in [0.15, 0.2) is 143 Å². The molecule has 2 amide bonds. The molecule has 3 aromatic carbocycles. The Morgan fingerprint density at radius 1 is 0.857 bits per heavy atom. The Hall–Kier alpha value is -6.78. The van der Waals surface area contributed by atoms with Gasteiger partial charge in [0.05, 0.1) is 0 Å². The summed E-state index contributed by atoms with van der Waals surface area (Å²) in [4.78, 5) is 71.2. The highest BCUT2D eigenvalue weighted by Gasteiger charge is 2.54. The van der Waals surface area contributed by atoms with Crippen LogP contribution in [0.5, 0.6) is 0 Å². The lowest BCUT2D eigenvalue weighted by atomic mass is 9.80. The number of thiazole rings is 1. The van der Waals surface area contributed by atoms with Crippen molar-refractivity contribution < 1.29 is 38.2 Å². The van der Waals surface area contributed by atoms with Gasteiger partial charge in [0.2, 0.25) is 5.60 Å². The summed E-state index contributed by atoms with van der Waals surface area (Å²) >= 11 is 2.49. The van der Waals surface area contributed by atoms with Crippen LogP contribution >= 0.6 is 23.1 Å². The number of rotatable bonds is 15. The number of amides is 2. The van der Waals surface area contributed by atoms with Gasteiger partial charge in [0, 0.05) is 40.2 Å². The molecule has 3 N–H and O–H groups in total. The van der Waals surface area contributed by atoms with Crippen molar-refractivity contribution in [2.45, 2.75) is 55.2 Å². The average Bonchev–Trinajstić information content (AvgIpc) is 3.76. The summed E-state index contributed by atoms with van der Waals surface area (Å²) in [5.41, 5.74) is 8.24. The number of pyridine rings is 1. The van der Waals surface area contributed by atoms with Gasteiger partial charge in [-0.1, -0.05) is 121 Å². The number of anilines is 1. The molecule has 14 nitrogen and oxygen atoms in total. The molecule has 4 heterocycles. The SMILES string of the molecule is Nc1nc(C(=NOC(c2ccccc2)(c2ccccc2)c2ccccc2)C(=O)N[C@@H]2C(=O)N3C(C(=O)OCCOC(=O)OC4CCCCC4)=C(/C=C\c4cccnc4)CS[C@@H]23)cs1. The minimum absolute atomic E-state index is 0.0158. The van der Waals surface area contributed by atoms with Gasteiger partial charge in [-0.15, -0.1) is 23.1 Å². The van der Waals surface area contributed by atoms with Crippen LogP contribution in [-0.4, -0.2) is 81.0 Å². The maximum atomic E-state index is 14.4. The first-order valence-electron chi connectivity index (χ1n) is 20.5.